The number of aromatic nitrogens is 4. The predicted octanol–water partition coefficient (Wildman–Crippen LogP) is 2.37. The summed E-state index contributed by atoms with van der Waals surface area (Å²) in [6, 6.07) is 10.0. The lowest BCUT2D eigenvalue weighted by molar-refractivity contribution is 0.0398. The van der Waals surface area contributed by atoms with E-state index in [2.05, 4.69) is 52.9 Å². The Morgan fingerprint density at radius 2 is 1.53 bits per heavy atom. The number of morpholine rings is 1. The molecule has 9 nitrogen and oxygen atoms in total. The third kappa shape index (κ3) is 6.82. The van der Waals surface area contributed by atoms with E-state index in [9.17, 15) is 4.39 Å². The highest BCUT2D eigenvalue weighted by Gasteiger charge is 2.09. The van der Waals surface area contributed by atoms with Crippen molar-refractivity contribution in [1.82, 2.24) is 24.8 Å². The number of anilines is 3. The number of nitrogens with zero attached hydrogens (tertiary/aromatic N) is 5. The van der Waals surface area contributed by atoms with Gasteiger partial charge in [-0.2, -0.15) is 4.98 Å². The highest BCUT2D eigenvalue weighted by atomic mass is 19.1. The van der Waals surface area contributed by atoms with Crippen LogP contribution in [-0.2, 0) is 17.8 Å². The number of rotatable bonds is 10. The van der Waals surface area contributed by atoms with Crippen LogP contribution in [0.4, 0.5) is 22.1 Å². The lowest BCUT2D eigenvalue weighted by atomic mass is 10.1. The zero-order chi connectivity index (χ0) is 22.0. The summed E-state index contributed by atoms with van der Waals surface area (Å²) in [6.07, 6.45) is 4.03. The smallest absolute Gasteiger partial charge is 0.224 e. The summed E-state index contributed by atoms with van der Waals surface area (Å²) >= 11 is 0. The van der Waals surface area contributed by atoms with Gasteiger partial charge in [0.2, 0.25) is 11.9 Å². The van der Waals surface area contributed by atoms with Crippen molar-refractivity contribution in [3.05, 3.63) is 65.9 Å². The number of ether oxygens (including phenoxy) is 1. The standard InChI is InChI=1S/C22H27FN8O/c23-19-15-28-21(29-16-19)27-14-18-3-1-17(2-4-18)13-26-20-5-6-24-22(30-20)25-7-8-31-9-11-32-12-10-31/h1-6,15-16H,7-14H2,(H,27,28,29)(H2,24,25,26,30). The molecular formula is C22H27FN8O. The molecule has 1 saturated heterocycles. The van der Waals surface area contributed by atoms with E-state index in [1.807, 2.05) is 18.2 Å². The molecule has 3 aromatic rings. The molecule has 1 aliphatic heterocycles. The fourth-order valence-electron chi connectivity index (χ4n) is 3.25. The number of benzene rings is 1. The number of hydrogen-bond donors (Lipinski definition) is 3. The maximum Gasteiger partial charge on any atom is 0.224 e. The largest absolute Gasteiger partial charge is 0.379 e. The van der Waals surface area contributed by atoms with E-state index in [0.29, 0.717) is 25.0 Å². The van der Waals surface area contributed by atoms with Crippen LogP contribution < -0.4 is 16.0 Å². The zero-order valence-electron chi connectivity index (χ0n) is 17.8. The van der Waals surface area contributed by atoms with E-state index in [1.165, 1.54) is 0 Å². The Kier molecular flexibility index (Phi) is 7.72. The third-order valence-electron chi connectivity index (χ3n) is 5.04. The Morgan fingerprint density at radius 1 is 0.844 bits per heavy atom. The van der Waals surface area contributed by atoms with Gasteiger partial charge in [0.05, 0.1) is 25.6 Å². The normalized spacial score (nSPS) is 14.2. The van der Waals surface area contributed by atoms with Gasteiger partial charge in [-0.3, -0.25) is 4.90 Å². The van der Waals surface area contributed by atoms with Gasteiger partial charge >= 0.3 is 0 Å². The van der Waals surface area contributed by atoms with Crippen LogP contribution in [0.2, 0.25) is 0 Å². The van der Waals surface area contributed by atoms with E-state index in [-0.39, 0.29) is 0 Å². The molecule has 0 aliphatic carbocycles. The second-order valence-electron chi connectivity index (χ2n) is 7.39. The minimum absolute atomic E-state index is 0.398. The van der Waals surface area contributed by atoms with Crippen molar-refractivity contribution in [3.8, 4) is 0 Å². The molecule has 1 fully saturated rings. The van der Waals surface area contributed by atoms with Crippen LogP contribution in [0.15, 0.2) is 48.9 Å². The van der Waals surface area contributed by atoms with Crippen molar-refractivity contribution < 1.29 is 9.13 Å². The monoisotopic (exact) mass is 438 g/mol. The fraction of sp³-hybridized carbons (Fsp3) is 0.364. The Bertz CT molecular complexity index is 964. The molecule has 4 rings (SSSR count). The van der Waals surface area contributed by atoms with Gasteiger partial charge in [0.25, 0.3) is 0 Å². The van der Waals surface area contributed by atoms with Crippen molar-refractivity contribution in [1.29, 1.82) is 0 Å². The zero-order valence-corrected chi connectivity index (χ0v) is 17.8. The number of halogens is 1. The Hall–Kier alpha value is -3.37. The van der Waals surface area contributed by atoms with E-state index >= 15 is 0 Å². The van der Waals surface area contributed by atoms with Gasteiger partial charge in [0.15, 0.2) is 5.82 Å². The van der Waals surface area contributed by atoms with Crippen molar-refractivity contribution >= 4 is 17.7 Å². The van der Waals surface area contributed by atoms with Crippen molar-refractivity contribution in [2.45, 2.75) is 13.1 Å². The van der Waals surface area contributed by atoms with E-state index in [1.54, 1.807) is 6.20 Å². The molecule has 0 saturated carbocycles. The van der Waals surface area contributed by atoms with Crippen LogP contribution in [0.25, 0.3) is 0 Å². The molecule has 0 bridgehead atoms. The maximum atomic E-state index is 12.9. The summed E-state index contributed by atoms with van der Waals surface area (Å²) in [4.78, 5) is 19.0. The second kappa shape index (κ2) is 11.3. The molecule has 0 atom stereocenters. The SMILES string of the molecule is Fc1cnc(NCc2ccc(CNc3ccnc(NCCN4CCOCC4)n3)cc2)nc1. The van der Waals surface area contributed by atoms with Crippen molar-refractivity contribution in [2.75, 3.05) is 55.3 Å². The van der Waals surface area contributed by atoms with Crippen LogP contribution in [0, 0.1) is 5.82 Å². The highest BCUT2D eigenvalue weighted by molar-refractivity contribution is 5.40. The Balaban J connectivity index is 1.20. The van der Waals surface area contributed by atoms with Gasteiger partial charge in [0, 0.05) is 45.5 Å². The molecule has 0 radical (unpaired) electrons. The summed E-state index contributed by atoms with van der Waals surface area (Å²) < 4.78 is 18.2. The highest BCUT2D eigenvalue weighted by Crippen LogP contribution is 2.11. The number of nitrogens with one attached hydrogen (secondary N) is 3. The van der Waals surface area contributed by atoms with Crippen molar-refractivity contribution in [2.24, 2.45) is 0 Å². The van der Waals surface area contributed by atoms with Gasteiger partial charge in [0.1, 0.15) is 5.82 Å². The van der Waals surface area contributed by atoms with Gasteiger partial charge in [-0.1, -0.05) is 24.3 Å². The average molecular weight is 439 g/mol. The molecule has 32 heavy (non-hydrogen) atoms. The first-order valence-corrected chi connectivity index (χ1v) is 10.6. The van der Waals surface area contributed by atoms with Gasteiger partial charge < -0.3 is 20.7 Å². The minimum atomic E-state index is -0.452. The first-order chi connectivity index (χ1) is 15.7. The second-order valence-corrected chi connectivity index (χ2v) is 7.39. The summed E-state index contributed by atoms with van der Waals surface area (Å²) in [5.74, 6) is 1.34. The lowest BCUT2D eigenvalue weighted by Gasteiger charge is -2.26. The molecule has 10 heteroatoms. The summed E-state index contributed by atoms with van der Waals surface area (Å²) in [5, 5.41) is 9.69. The topological polar surface area (TPSA) is 100 Å². The molecule has 0 spiro atoms. The molecule has 3 heterocycles. The summed E-state index contributed by atoms with van der Waals surface area (Å²) in [5.41, 5.74) is 2.21. The fourth-order valence-corrected chi connectivity index (χ4v) is 3.25. The molecule has 3 N–H and O–H groups in total. The molecule has 168 valence electrons. The molecule has 2 aromatic heterocycles. The lowest BCUT2D eigenvalue weighted by Crippen LogP contribution is -2.39. The molecule has 1 aromatic carbocycles. The van der Waals surface area contributed by atoms with Gasteiger partial charge in [-0.25, -0.2) is 19.3 Å². The summed E-state index contributed by atoms with van der Waals surface area (Å²) in [7, 11) is 0. The van der Waals surface area contributed by atoms with Crippen LogP contribution >= 0.6 is 0 Å². The average Bonchev–Trinajstić information content (AvgIpc) is 2.84. The minimum Gasteiger partial charge on any atom is -0.379 e. The summed E-state index contributed by atoms with van der Waals surface area (Å²) in [6.45, 7) is 6.49. The Morgan fingerprint density at radius 3 is 2.25 bits per heavy atom. The molecule has 0 amide bonds. The first kappa shape index (κ1) is 21.8. The maximum absolute atomic E-state index is 12.9. The predicted molar refractivity (Wildman–Crippen MR) is 121 cm³/mol. The van der Waals surface area contributed by atoms with Crippen LogP contribution in [0.1, 0.15) is 11.1 Å². The van der Waals surface area contributed by atoms with Crippen LogP contribution in [0.5, 0.6) is 0 Å². The number of hydrogen-bond acceptors (Lipinski definition) is 9. The van der Waals surface area contributed by atoms with E-state index in [4.69, 9.17) is 4.74 Å². The van der Waals surface area contributed by atoms with Crippen LogP contribution in [-0.4, -0.2) is 64.2 Å². The van der Waals surface area contributed by atoms with E-state index < -0.39 is 5.82 Å². The molecule has 0 unspecified atom stereocenters. The quantitative estimate of drug-likeness (QED) is 0.440. The Labute approximate surface area is 186 Å². The first-order valence-electron chi connectivity index (χ1n) is 10.6. The molecular weight excluding hydrogens is 411 g/mol. The van der Waals surface area contributed by atoms with E-state index in [0.717, 1.165) is 68.7 Å². The van der Waals surface area contributed by atoms with Crippen LogP contribution in [0.3, 0.4) is 0 Å². The third-order valence-corrected chi connectivity index (χ3v) is 5.04. The van der Waals surface area contributed by atoms with Gasteiger partial charge in [-0.15, -0.1) is 0 Å². The van der Waals surface area contributed by atoms with Crippen molar-refractivity contribution in [3.63, 3.8) is 0 Å². The van der Waals surface area contributed by atoms with Gasteiger partial charge in [-0.05, 0) is 17.2 Å². The molecule has 1 aliphatic rings.